The van der Waals surface area contributed by atoms with Gasteiger partial charge in [-0.05, 0) is 37.0 Å². The Bertz CT molecular complexity index is 957. The number of benzene rings is 1. The highest BCUT2D eigenvalue weighted by molar-refractivity contribution is 7.99. The first kappa shape index (κ1) is 22.6. The lowest BCUT2D eigenvalue weighted by Crippen LogP contribution is -2.46. The molecule has 0 radical (unpaired) electrons. The largest absolute Gasteiger partial charge is 0.480 e. The fourth-order valence-corrected chi connectivity index (χ4v) is 5.76. The Kier molecular flexibility index (Phi) is 7.13. The number of para-hydroxylation sites is 1. The van der Waals surface area contributed by atoms with Crippen LogP contribution >= 0.6 is 11.8 Å². The van der Waals surface area contributed by atoms with Gasteiger partial charge in [-0.1, -0.05) is 30.0 Å². The van der Waals surface area contributed by atoms with E-state index < -0.39 is 6.10 Å². The van der Waals surface area contributed by atoms with E-state index in [4.69, 9.17) is 14.5 Å². The maximum Gasteiger partial charge on any atom is 0.264 e. The quantitative estimate of drug-likeness (QED) is 0.477. The molecule has 1 aromatic heterocycles. The third-order valence-electron chi connectivity index (χ3n) is 6.77. The number of aryl methyl sites for hydroxylation is 1. The highest BCUT2D eigenvalue weighted by Crippen LogP contribution is 2.32. The molecule has 3 aliphatic heterocycles. The molecule has 0 N–H and O–H groups in total. The van der Waals surface area contributed by atoms with Crippen molar-refractivity contribution in [3.63, 3.8) is 0 Å². The summed E-state index contributed by atoms with van der Waals surface area (Å²) in [6.07, 6.45) is 4.23. The summed E-state index contributed by atoms with van der Waals surface area (Å²) in [7, 11) is 0. The third-order valence-corrected chi connectivity index (χ3v) is 7.62. The summed E-state index contributed by atoms with van der Waals surface area (Å²) in [5, 5.41) is 0.835. The smallest absolute Gasteiger partial charge is 0.264 e. The number of hydrogen-bond acceptors (Lipinski definition) is 7. The summed E-state index contributed by atoms with van der Waals surface area (Å²) in [6, 6.07) is 7.95. The normalized spacial score (nSPS) is 23.2. The molecule has 4 heterocycles. The number of hydrogen-bond donors (Lipinski definition) is 0. The number of thioether (sulfide) groups is 1. The van der Waals surface area contributed by atoms with E-state index >= 15 is 0 Å². The Hall–Kier alpha value is -2.16. The minimum Gasteiger partial charge on any atom is -0.480 e. The van der Waals surface area contributed by atoms with Crippen LogP contribution in [0.5, 0.6) is 5.75 Å². The summed E-state index contributed by atoms with van der Waals surface area (Å²) >= 11 is 1.72. The van der Waals surface area contributed by atoms with Crippen LogP contribution in [0.1, 0.15) is 35.6 Å². The summed E-state index contributed by atoms with van der Waals surface area (Å²) in [5.41, 5.74) is 3.32. The first-order chi connectivity index (χ1) is 16.2. The van der Waals surface area contributed by atoms with Crippen molar-refractivity contribution in [1.82, 2.24) is 19.8 Å². The topological polar surface area (TPSA) is 67.8 Å². The van der Waals surface area contributed by atoms with Gasteiger partial charge in [-0.3, -0.25) is 9.69 Å². The molecule has 1 aromatic carbocycles. The molecule has 0 bridgehead atoms. The van der Waals surface area contributed by atoms with Gasteiger partial charge < -0.3 is 14.4 Å². The molecule has 176 valence electrons. The van der Waals surface area contributed by atoms with Crippen LogP contribution < -0.4 is 4.74 Å². The van der Waals surface area contributed by atoms with Crippen molar-refractivity contribution in [3.05, 3.63) is 47.3 Å². The maximum absolute atomic E-state index is 13.2. The molecule has 0 unspecified atom stereocenters. The molecular weight excluding hydrogens is 436 g/mol. The SMILES string of the molecule is Cc1cnc(SCCN2CCOCC2)nc1[C@H]1CCCN(C(=O)[C@H]2Cc3ccccc3O2)C1. The van der Waals surface area contributed by atoms with Gasteiger partial charge >= 0.3 is 0 Å². The molecule has 8 heteroatoms. The molecule has 3 aliphatic rings. The molecule has 1 amide bonds. The van der Waals surface area contributed by atoms with Crippen LogP contribution in [0.3, 0.4) is 0 Å². The molecule has 2 fully saturated rings. The highest BCUT2D eigenvalue weighted by Gasteiger charge is 2.35. The molecule has 2 aromatic rings. The molecule has 0 aliphatic carbocycles. The summed E-state index contributed by atoms with van der Waals surface area (Å²) < 4.78 is 11.4. The lowest BCUT2D eigenvalue weighted by molar-refractivity contribution is -0.139. The van der Waals surface area contributed by atoms with Crippen LogP contribution in [0.4, 0.5) is 0 Å². The zero-order valence-corrected chi connectivity index (χ0v) is 20.1. The zero-order valence-electron chi connectivity index (χ0n) is 19.2. The second kappa shape index (κ2) is 10.4. The standard InChI is InChI=1S/C25H32N4O3S/c1-18-16-26-25(33-14-11-28-9-12-31-13-10-28)27-23(18)20-6-4-8-29(17-20)24(30)22-15-19-5-2-3-7-21(19)32-22/h2-3,5,7,16,20,22H,4,6,8-15,17H2,1H3/t20-,22+/m0/s1. The molecule has 2 saturated heterocycles. The van der Waals surface area contributed by atoms with Crippen molar-refractivity contribution in [2.24, 2.45) is 0 Å². The average molecular weight is 469 g/mol. The zero-order chi connectivity index (χ0) is 22.6. The van der Waals surface area contributed by atoms with E-state index in [9.17, 15) is 4.79 Å². The van der Waals surface area contributed by atoms with Crippen molar-refractivity contribution in [2.45, 2.75) is 43.4 Å². The van der Waals surface area contributed by atoms with Crippen molar-refractivity contribution in [1.29, 1.82) is 0 Å². The number of likely N-dealkylation sites (tertiary alicyclic amines) is 1. The second-order valence-corrected chi connectivity index (χ2v) is 10.1. The van der Waals surface area contributed by atoms with Gasteiger partial charge in [0, 0.05) is 57.0 Å². The van der Waals surface area contributed by atoms with E-state index in [0.29, 0.717) is 13.0 Å². The molecule has 2 atom stereocenters. The van der Waals surface area contributed by atoms with Gasteiger partial charge in [0.1, 0.15) is 5.75 Å². The second-order valence-electron chi connectivity index (χ2n) is 9.07. The number of ether oxygens (including phenoxy) is 2. The Balaban J connectivity index is 1.20. The van der Waals surface area contributed by atoms with Gasteiger partial charge in [0.15, 0.2) is 11.3 Å². The Labute approximate surface area is 199 Å². The van der Waals surface area contributed by atoms with Crippen molar-refractivity contribution >= 4 is 17.7 Å². The predicted molar refractivity (Wildman–Crippen MR) is 128 cm³/mol. The Morgan fingerprint density at radius 3 is 2.91 bits per heavy atom. The Morgan fingerprint density at radius 1 is 1.21 bits per heavy atom. The molecule has 0 saturated carbocycles. The van der Waals surface area contributed by atoms with Crippen molar-refractivity contribution in [2.75, 3.05) is 51.7 Å². The van der Waals surface area contributed by atoms with Crippen LogP contribution in [0.2, 0.25) is 0 Å². The van der Waals surface area contributed by atoms with E-state index in [-0.39, 0.29) is 11.8 Å². The highest BCUT2D eigenvalue weighted by atomic mass is 32.2. The van der Waals surface area contributed by atoms with Gasteiger partial charge in [-0.25, -0.2) is 9.97 Å². The van der Waals surface area contributed by atoms with Gasteiger partial charge in [0.25, 0.3) is 5.91 Å². The Morgan fingerprint density at radius 2 is 2.06 bits per heavy atom. The number of rotatable bonds is 6. The van der Waals surface area contributed by atoms with Crippen molar-refractivity contribution in [3.8, 4) is 5.75 Å². The lowest BCUT2D eigenvalue weighted by atomic mass is 9.92. The van der Waals surface area contributed by atoms with Gasteiger partial charge in [0.2, 0.25) is 0 Å². The molecule has 0 spiro atoms. The van der Waals surface area contributed by atoms with Crippen LogP contribution in [0.25, 0.3) is 0 Å². The van der Waals surface area contributed by atoms with Crippen LogP contribution in [0.15, 0.2) is 35.6 Å². The van der Waals surface area contributed by atoms with Crippen LogP contribution in [-0.4, -0.2) is 83.5 Å². The van der Waals surface area contributed by atoms with E-state index in [1.807, 2.05) is 35.4 Å². The van der Waals surface area contributed by atoms with Crippen molar-refractivity contribution < 1.29 is 14.3 Å². The number of nitrogens with zero attached hydrogens (tertiary/aromatic N) is 4. The number of fused-ring (bicyclic) bond motifs is 1. The third kappa shape index (κ3) is 5.34. The van der Waals surface area contributed by atoms with Crippen LogP contribution in [-0.2, 0) is 16.0 Å². The minimum absolute atomic E-state index is 0.0997. The predicted octanol–water partition coefficient (Wildman–Crippen LogP) is 2.92. The van der Waals surface area contributed by atoms with Gasteiger partial charge in [0.05, 0.1) is 18.9 Å². The fourth-order valence-electron chi connectivity index (χ4n) is 4.94. The molecular formula is C25H32N4O3S. The summed E-state index contributed by atoms with van der Waals surface area (Å²) in [6.45, 7) is 8.24. The monoisotopic (exact) mass is 468 g/mol. The van der Waals surface area contributed by atoms with Crippen LogP contribution in [0, 0.1) is 6.92 Å². The number of amides is 1. The maximum atomic E-state index is 13.2. The van der Waals surface area contributed by atoms with E-state index in [1.165, 1.54) is 0 Å². The van der Waals surface area contributed by atoms with E-state index in [2.05, 4.69) is 16.8 Å². The first-order valence-corrected chi connectivity index (χ1v) is 13.0. The summed E-state index contributed by atoms with van der Waals surface area (Å²) in [4.78, 5) is 27.2. The molecule has 33 heavy (non-hydrogen) atoms. The lowest BCUT2D eigenvalue weighted by Gasteiger charge is -2.34. The number of carbonyl (C=O) groups excluding carboxylic acids is 1. The van der Waals surface area contributed by atoms with Gasteiger partial charge in [-0.2, -0.15) is 0 Å². The minimum atomic E-state index is -0.404. The average Bonchev–Trinajstić information content (AvgIpc) is 3.30. The van der Waals surface area contributed by atoms with E-state index in [1.54, 1.807) is 11.8 Å². The molecule has 5 rings (SSSR count). The van der Waals surface area contributed by atoms with E-state index in [0.717, 1.165) is 85.7 Å². The fraction of sp³-hybridized carbons (Fsp3) is 0.560. The molecule has 7 nitrogen and oxygen atoms in total. The summed E-state index contributed by atoms with van der Waals surface area (Å²) in [5.74, 6) is 2.16. The number of carbonyl (C=O) groups is 1. The number of aromatic nitrogens is 2. The van der Waals surface area contributed by atoms with Gasteiger partial charge in [-0.15, -0.1) is 0 Å². The number of piperidine rings is 1. The number of morpholine rings is 1. The first-order valence-electron chi connectivity index (χ1n) is 12.0.